The smallest absolute Gasteiger partial charge is 0.338 e. The van der Waals surface area contributed by atoms with Gasteiger partial charge in [0.05, 0.1) is 5.69 Å². The Bertz CT molecular complexity index is 1570. The first-order chi connectivity index (χ1) is 17.7. The van der Waals surface area contributed by atoms with Gasteiger partial charge in [-0.15, -0.1) is 0 Å². The minimum atomic E-state index is -0.326. The fourth-order valence-corrected chi connectivity index (χ4v) is 5.14. The van der Waals surface area contributed by atoms with Crippen LogP contribution in [0.5, 0.6) is 0 Å². The van der Waals surface area contributed by atoms with Crippen molar-refractivity contribution in [2.75, 3.05) is 25.0 Å². The Balaban J connectivity index is 1.18. The minimum absolute atomic E-state index is 0.320. The van der Waals surface area contributed by atoms with Gasteiger partial charge in [0.15, 0.2) is 0 Å². The van der Waals surface area contributed by atoms with Crippen LogP contribution in [0.1, 0.15) is 18.4 Å². The number of para-hydroxylation sites is 1. The van der Waals surface area contributed by atoms with E-state index in [0.29, 0.717) is 11.6 Å². The number of anilines is 1. The van der Waals surface area contributed by atoms with E-state index in [4.69, 9.17) is 4.42 Å². The first kappa shape index (κ1) is 22.4. The highest BCUT2D eigenvalue weighted by molar-refractivity contribution is 5.99. The molecule has 1 saturated heterocycles. The number of benzene rings is 3. The third kappa shape index (κ3) is 4.70. The van der Waals surface area contributed by atoms with Gasteiger partial charge in [-0.05, 0) is 42.2 Å². The molecule has 1 fully saturated rings. The Kier molecular flexibility index (Phi) is 6.14. The standard InChI is InChI=1S/C31H29N3O2/c35-31-20-29(33-24-14-17-34(18-15-24)16-6-9-22-7-2-1-3-8-22)26-19-23(12-13-30(26)36-31)27-21-32-28-11-5-4-10-25(27)28/h1-13,19-21,24,32-33H,14-18H2. The lowest BCUT2D eigenvalue weighted by Crippen LogP contribution is -2.39. The van der Waals surface area contributed by atoms with Crippen molar-refractivity contribution in [3.05, 3.63) is 107 Å². The molecule has 0 amide bonds. The van der Waals surface area contributed by atoms with E-state index in [1.807, 2.05) is 30.5 Å². The van der Waals surface area contributed by atoms with Gasteiger partial charge in [0.1, 0.15) is 5.58 Å². The zero-order valence-electron chi connectivity index (χ0n) is 20.1. The highest BCUT2D eigenvalue weighted by Crippen LogP contribution is 2.33. The second kappa shape index (κ2) is 9.88. The normalized spacial score (nSPS) is 15.2. The molecule has 6 rings (SSSR count). The molecule has 3 heterocycles. The summed E-state index contributed by atoms with van der Waals surface area (Å²) < 4.78 is 5.53. The van der Waals surface area contributed by atoms with Crippen LogP contribution in [0, 0.1) is 0 Å². The van der Waals surface area contributed by atoms with Crippen molar-refractivity contribution in [3.8, 4) is 11.1 Å². The van der Waals surface area contributed by atoms with Crippen LogP contribution in [0.4, 0.5) is 5.69 Å². The van der Waals surface area contributed by atoms with Crippen molar-refractivity contribution in [2.45, 2.75) is 18.9 Å². The SMILES string of the molecule is O=c1cc(NC2CCN(CC=Cc3ccccc3)CC2)c2cc(-c3c[nH]c4ccccc34)ccc2o1. The van der Waals surface area contributed by atoms with Gasteiger partial charge in [-0.2, -0.15) is 0 Å². The van der Waals surface area contributed by atoms with E-state index in [-0.39, 0.29) is 5.63 Å². The summed E-state index contributed by atoms with van der Waals surface area (Å²) >= 11 is 0. The maximum absolute atomic E-state index is 12.3. The Morgan fingerprint density at radius 3 is 2.61 bits per heavy atom. The van der Waals surface area contributed by atoms with Gasteiger partial charge in [0, 0.05) is 59.8 Å². The van der Waals surface area contributed by atoms with E-state index in [1.54, 1.807) is 6.07 Å². The zero-order chi connectivity index (χ0) is 24.3. The maximum Gasteiger partial charge on any atom is 0.338 e. The topological polar surface area (TPSA) is 61.3 Å². The molecular formula is C31H29N3O2. The van der Waals surface area contributed by atoms with Crippen molar-refractivity contribution in [2.24, 2.45) is 0 Å². The number of hydrogen-bond acceptors (Lipinski definition) is 4. The van der Waals surface area contributed by atoms with E-state index in [0.717, 1.165) is 60.2 Å². The molecule has 0 aliphatic carbocycles. The minimum Gasteiger partial charge on any atom is -0.423 e. The second-order valence-electron chi connectivity index (χ2n) is 9.47. The number of nitrogens with one attached hydrogen (secondary N) is 2. The molecule has 36 heavy (non-hydrogen) atoms. The molecule has 2 aromatic heterocycles. The summed E-state index contributed by atoms with van der Waals surface area (Å²) in [6, 6.07) is 26.7. The number of likely N-dealkylation sites (tertiary alicyclic amines) is 1. The van der Waals surface area contributed by atoms with Gasteiger partial charge < -0.3 is 14.7 Å². The van der Waals surface area contributed by atoms with Gasteiger partial charge in [0.25, 0.3) is 0 Å². The monoisotopic (exact) mass is 475 g/mol. The molecule has 5 heteroatoms. The van der Waals surface area contributed by atoms with Crippen molar-refractivity contribution >= 4 is 33.6 Å². The number of rotatable bonds is 6. The molecule has 1 aliphatic rings. The number of nitrogens with zero attached hydrogens (tertiary/aromatic N) is 1. The molecule has 1 aliphatic heterocycles. The lowest BCUT2D eigenvalue weighted by atomic mass is 10.0. The van der Waals surface area contributed by atoms with Crippen LogP contribution in [-0.4, -0.2) is 35.6 Å². The second-order valence-corrected chi connectivity index (χ2v) is 9.47. The van der Waals surface area contributed by atoms with Gasteiger partial charge in [0.2, 0.25) is 0 Å². The molecule has 0 radical (unpaired) electrons. The largest absolute Gasteiger partial charge is 0.423 e. The molecule has 0 unspecified atom stereocenters. The number of hydrogen-bond donors (Lipinski definition) is 2. The van der Waals surface area contributed by atoms with Crippen LogP contribution in [0.2, 0.25) is 0 Å². The third-order valence-corrected chi connectivity index (χ3v) is 7.06. The van der Waals surface area contributed by atoms with Crippen LogP contribution >= 0.6 is 0 Å². The summed E-state index contributed by atoms with van der Waals surface area (Å²) in [6.07, 6.45) is 8.53. The van der Waals surface area contributed by atoms with Crippen LogP contribution in [0.3, 0.4) is 0 Å². The van der Waals surface area contributed by atoms with Crippen LogP contribution in [0.25, 0.3) is 39.1 Å². The number of aromatic nitrogens is 1. The van der Waals surface area contributed by atoms with Crippen molar-refractivity contribution < 1.29 is 4.42 Å². The molecule has 0 spiro atoms. The highest BCUT2D eigenvalue weighted by atomic mass is 16.4. The van der Waals surface area contributed by atoms with Crippen molar-refractivity contribution in [1.82, 2.24) is 9.88 Å². The van der Waals surface area contributed by atoms with E-state index in [9.17, 15) is 4.79 Å². The lowest BCUT2D eigenvalue weighted by molar-refractivity contribution is 0.240. The average molecular weight is 476 g/mol. The predicted molar refractivity (Wildman–Crippen MR) is 148 cm³/mol. The van der Waals surface area contributed by atoms with E-state index in [2.05, 4.69) is 75.9 Å². The van der Waals surface area contributed by atoms with Crippen molar-refractivity contribution in [3.63, 3.8) is 0 Å². The van der Waals surface area contributed by atoms with Gasteiger partial charge in [-0.1, -0.05) is 66.7 Å². The van der Waals surface area contributed by atoms with Crippen molar-refractivity contribution in [1.29, 1.82) is 0 Å². The van der Waals surface area contributed by atoms with Gasteiger partial charge in [-0.3, -0.25) is 4.90 Å². The number of H-pyrrole nitrogens is 1. The number of aromatic amines is 1. The molecular weight excluding hydrogens is 446 g/mol. The number of piperidine rings is 1. The average Bonchev–Trinajstić information content (AvgIpc) is 3.34. The summed E-state index contributed by atoms with van der Waals surface area (Å²) in [4.78, 5) is 18.1. The van der Waals surface area contributed by atoms with Gasteiger partial charge in [-0.25, -0.2) is 4.79 Å². The molecule has 0 atom stereocenters. The Morgan fingerprint density at radius 1 is 0.944 bits per heavy atom. The van der Waals surface area contributed by atoms with Crippen LogP contribution in [0.15, 0.2) is 100 Å². The molecule has 5 nitrogen and oxygen atoms in total. The Hall–Kier alpha value is -4.09. The fourth-order valence-electron chi connectivity index (χ4n) is 5.14. The molecule has 5 aromatic rings. The maximum atomic E-state index is 12.3. The summed E-state index contributed by atoms with van der Waals surface area (Å²) in [5, 5.41) is 5.78. The first-order valence-corrected chi connectivity index (χ1v) is 12.6. The van der Waals surface area contributed by atoms with E-state index < -0.39 is 0 Å². The van der Waals surface area contributed by atoms with E-state index >= 15 is 0 Å². The highest BCUT2D eigenvalue weighted by Gasteiger charge is 2.20. The Labute approximate surface area is 210 Å². The molecule has 3 aromatic carbocycles. The predicted octanol–water partition coefficient (Wildman–Crippen LogP) is 6.53. The molecule has 0 bridgehead atoms. The van der Waals surface area contributed by atoms with E-state index in [1.165, 1.54) is 10.9 Å². The summed E-state index contributed by atoms with van der Waals surface area (Å²) in [6.45, 7) is 3.00. The van der Waals surface area contributed by atoms with Crippen LogP contribution < -0.4 is 10.9 Å². The number of fused-ring (bicyclic) bond motifs is 2. The lowest BCUT2D eigenvalue weighted by Gasteiger charge is -2.32. The molecule has 180 valence electrons. The quantitative estimate of drug-likeness (QED) is 0.274. The Morgan fingerprint density at radius 2 is 1.75 bits per heavy atom. The van der Waals surface area contributed by atoms with Crippen LogP contribution in [-0.2, 0) is 0 Å². The fraction of sp³-hybridized carbons (Fsp3) is 0.194. The summed E-state index contributed by atoms with van der Waals surface area (Å²) in [5.41, 5.74) is 5.71. The zero-order valence-corrected chi connectivity index (χ0v) is 20.1. The molecule has 0 saturated carbocycles. The van der Waals surface area contributed by atoms with Gasteiger partial charge >= 0.3 is 5.63 Å². The summed E-state index contributed by atoms with van der Waals surface area (Å²) in [7, 11) is 0. The third-order valence-electron chi connectivity index (χ3n) is 7.06. The summed E-state index contributed by atoms with van der Waals surface area (Å²) in [5.74, 6) is 0. The molecule has 2 N–H and O–H groups in total. The first-order valence-electron chi connectivity index (χ1n) is 12.6.